The Hall–Kier alpha value is -0.590. The number of benzene rings is 1. The second-order valence-corrected chi connectivity index (χ2v) is 9.98. The Labute approximate surface area is 142 Å². The zero-order valence-electron chi connectivity index (χ0n) is 14.4. The third-order valence-corrected chi connectivity index (χ3v) is 5.69. The second-order valence-electron chi connectivity index (χ2n) is 7.48. The summed E-state index contributed by atoms with van der Waals surface area (Å²) in [5.41, 5.74) is 0.383. The number of methoxy groups -OCH3 is 1. The van der Waals surface area contributed by atoms with Gasteiger partial charge in [0, 0.05) is 10.0 Å². The molecule has 22 heavy (non-hydrogen) atoms. The highest BCUT2D eigenvalue weighted by Gasteiger charge is 2.32. The Kier molecular flexibility index (Phi) is 5.74. The SMILES string of the molecule is COc1cc(C)c(Br)cc1S(=O)(=O)NC(C)(C)CC(C)(C)C. The molecule has 0 bridgehead atoms. The molecule has 0 unspecified atom stereocenters. The summed E-state index contributed by atoms with van der Waals surface area (Å²) in [6.07, 6.45) is 0.717. The van der Waals surface area contributed by atoms with Crippen molar-refractivity contribution >= 4 is 26.0 Å². The van der Waals surface area contributed by atoms with Crippen molar-refractivity contribution in [2.75, 3.05) is 7.11 Å². The van der Waals surface area contributed by atoms with E-state index in [9.17, 15) is 8.42 Å². The summed E-state index contributed by atoms with van der Waals surface area (Å²) < 4.78 is 34.3. The monoisotopic (exact) mass is 391 g/mol. The molecule has 0 amide bonds. The molecule has 0 saturated heterocycles. The van der Waals surface area contributed by atoms with Crippen LogP contribution in [-0.2, 0) is 10.0 Å². The van der Waals surface area contributed by atoms with Gasteiger partial charge in [0.25, 0.3) is 0 Å². The average Bonchev–Trinajstić information content (AvgIpc) is 2.27. The van der Waals surface area contributed by atoms with E-state index in [1.807, 2.05) is 20.8 Å². The highest BCUT2D eigenvalue weighted by molar-refractivity contribution is 9.10. The van der Waals surface area contributed by atoms with Crippen LogP contribution in [0, 0.1) is 12.3 Å². The van der Waals surface area contributed by atoms with Crippen molar-refractivity contribution in [2.24, 2.45) is 5.41 Å². The number of aryl methyl sites for hydroxylation is 1. The van der Waals surface area contributed by atoms with Crippen LogP contribution in [0.1, 0.15) is 46.6 Å². The summed E-state index contributed by atoms with van der Waals surface area (Å²) in [6, 6.07) is 3.30. The van der Waals surface area contributed by atoms with Crippen molar-refractivity contribution in [3.05, 3.63) is 22.2 Å². The fraction of sp³-hybridized carbons (Fsp3) is 0.625. The fourth-order valence-corrected chi connectivity index (χ4v) is 4.87. The summed E-state index contributed by atoms with van der Waals surface area (Å²) in [5, 5.41) is 0. The van der Waals surface area contributed by atoms with Crippen molar-refractivity contribution < 1.29 is 13.2 Å². The molecule has 1 rings (SSSR count). The predicted octanol–water partition coefficient (Wildman–Crippen LogP) is 4.26. The molecule has 0 fully saturated rings. The van der Waals surface area contributed by atoms with Gasteiger partial charge in [0.05, 0.1) is 7.11 Å². The Morgan fingerprint density at radius 3 is 2.18 bits per heavy atom. The molecule has 1 aromatic carbocycles. The quantitative estimate of drug-likeness (QED) is 0.815. The lowest BCUT2D eigenvalue weighted by molar-refractivity contribution is 0.269. The van der Waals surface area contributed by atoms with Crippen molar-refractivity contribution in [1.29, 1.82) is 0 Å². The number of ether oxygens (including phenoxy) is 1. The van der Waals surface area contributed by atoms with E-state index in [2.05, 4.69) is 41.4 Å². The Bertz CT molecular complexity index is 646. The molecule has 1 aromatic rings. The summed E-state index contributed by atoms with van der Waals surface area (Å²) in [5.74, 6) is 0.347. The van der Waals surface area contributed by atoms with Crippen LogP contribution in [0.15, 0.2) is 21.5 Å². The molecule has 6 heteroatoms. The van der Waals surface area contributed by atoms with Crippen LogP contribution < -0.4 is 9.46 Å². The molecular formula is C16H26BrNO3S. The van der Waals surface area contributed by atoms with Crippen LogP contribution in [0.3, 0.4) is 0 Å². The van der Waals surface area contributed by atoms with Crippen molar-refractivity contribution in [3.63, 3.8) is 0 Å². The van der Waals surface area contributed by atoms with Gasteiger partial charge in [-0.3, -0.25) is 0 Å². The minimum Gasteiger partial charge on any atom is -0.495 e. The number of rotatable bonds is 5. The van der Waals surface area contributed by atoms with Crippen molar-refractivity contribution in [3.8, 4) is 5.75 Å². The summed E-state index contributed by atoms with van der Waals surface area (Å²) >= 11 is 3.38. The summed E-state index contributed by atoms with van der Waals surface area (Å²) in [6.45, 7) is 11.9. The Balaban J connectivity index is 3.23. The van der Waals surface area contributed by atoms with Crippen LogP contribution in [-0.4, -0.2) is 21.1 Å². The normalized spacial score (nSPS) is 13.3. The van der Waals surface area contributed by atoms with E-state index in [-0.39, 0.29) is 10.3 Å². The smallest absolute Gasteiger partial charge is 0.244 e. The lowest BCUT2D eigenvalue weighted by Gasteiger charge is -2.33. The van der Waals surface area contributed by atoms with Gasteiger partial charge in [0.2, 0.25) is 10.0 Å². The number of sulfonamides is 1. The van der Waals surface area contributed by atoms with E-state index < -0.39 is 15.6 Å². The standard InChI is InChI=1S/C16H26BrNO3S/c1-11-8-13(21-7)14(9-12(11)17)22(19,20)18-16(5,6)10-15(2,3)4/h8-9,18H,10H2,1-7H3. The second kappa shape index (κ2) is 6.49. The summed E-state index contributed by atoms with van der Waals surface area (Å²) in [7, 11) is -2.20. The highest BCUT2D eigenvalue weighted by Crippen LogP contribution is 2.33. The molecule has 0 radical (unpaired) electrons. The molecule has 0 aliphatic rings. The maximum atomic E-state index is 12.8. The van der Waals surface area contributed by atoms with Crippen molar-refractivity contribution in [1.82, 2.24) is 4.72 Å². The van der Waals surface area contributed by atoms with Crippen LogP contribution in [0.25, 0.3) is 0 Å². The lowest BCUT2D eigenvalue weighted by Crippen LogP contribution is -2.45. The van der Waals surface area contributed by atoms with Gasteiger partial charge < -0.3 is 4.74 Å². The van der Waals surface area contributed by atoms with Crippen LogP contribution in [0.2, 0.25) is 0 Å². The van der Waals surface area contributed by atoms with Gasteiger partial charge in [-0.2, -0.15) is 0 Å². The average molecular weight is 392 g/mol. The number of halogens is 1. The van der Waals surface area contributed by atoms with E-state index in [0.29, 0.717) is 12.2 Å². The Morgan fingerprint density at radius 2 is 1.73 bits per heavy atom. The first-order chi connectivity index (χ1) is 9.77. The van der Waals surface area contributed by atoms with Gasteiger partial charge >= 0.3 is 0 Å². The highest BCUT2D eigenvalue weighted by atomic mass is 79.9. The molecule has 126 valence electrons. The molecule has 1 N–H and O–H groups in total. The zero-order chi connectivity index (χ0) is 17.3. The van der Waals surface area contributed by atoms with Crippen molar-refractivity contribution in [2.45, 2.75) is 58.4 Å². The maximum absolute atomic E-state index is 12.8. The lowest BCUT2D eigenvalue weighted by atomic mass is 9.82. The van der Waals surface area contributed by atoms with Gasteiger partial charge in [0.15, 0.2) is 0 Å². The van der Waals surface area contributed by atoms with E-state index >= 15 is 0 Å². The first-order valence-electron chi connectivity index (χ1n) is 7.15. The third-order valence-electron chi connectivity index (χ3n) is 3.12. The van der Waals surface area contributed by atoms with Gasteiger partial charge in [0.1, 0.15) is 10.6 Å². The first-order valence-corrected chi connectivity index (χ1v) is 9.43. The zero-order valence-corrected chi connectivity index (χ0v) is 16.8. The molecule has 0 aliphatic carbocycles. The van der Waals surface area contributed by atoms with Crippen LogP contribution >= 0.6 is 15.9 Å². The fourth-order valence-electron chi connectivity index (χ4n) is 2.79. The molecular weight excluding hydrogens is 366 g/mol. The molecule has 0 saturated carbocycles. The minimum absolute atomic E-state index is 0.0178. The van der Waals surface area contributed by atoms with Gasteiger partial charge in [-0.25, -0.2) is 13.1 Å². The maximum Gasteiger partial charge on any atom is 0.244 e. The largest absolute Gasteiger partial charge is 0.495 e. The van der Waals surface area contributed by atoms with Gasteiger partial charge in [-0.1, -0.05) is 36.7 Å². The summed E-state index contributed by atoms with van der Waals surface area (Å²) in [4.78, 5) is 0.148. The molecule has 0 atom stereocenters. The molecule has 0 spiro atoms. The van der Waals surface area contributed by atoms with E-state index in [1.54, 1.807) is 12.1 Å². The molecule has 0 aromatic heterocycles. The van der Waals surface area contributed by atoms with E-state index in [1.165, 1.54) is 7.11 Å². The minimum atomic E-state index is -3.68. The predicted molar refractivity (Wildman–Crippen MR) is 93.9 cm³/mol. The van der Waals surface area contributed by atoms with E-state index in [4.69, 9.17) is 4.74 Å². The van der Waals surface area contributed by atoms with E-state index in [0.717, 1.165) is 10.0 Å². The Morgan fingerprint density at radius 1 is 1.18 bits per heavy atom. The number of hydrogen-bond acceptors (Lipinski definition) is 3. The van der Waals surface area contributed by atoms with Gasteiger partial charge in [-0.05, 0) is 50.3 Å². The molecule has 0 heterocycles. The van der Waals surface area contributed by atoms with Crippen LogP contribution in [0.5, 0.6) is 5.75 Å². The molecule has 4 nitrogen and oxygen atoms in total. The number of nitrogens with one attached hydrogen (secondary N) is 1. The number of hydrogen-bond donors (Lipinski definition) is 1. The topological polar surface area (TPSA) is 55.4 Å². The first kappa shape index (κ1) is 19.5. The van der Waals surface area contributed by atoms with Gasteiger partial charge in [-0.15, -0.1) is 0 Å². The van der Waals surface area contributed by atoms with Crippen LogP contribution in [0.4, 0.5) is 0 Å². The third kappa shape index (κ3) is 5.25. The molecule has 0 aliphatic heterocycles.